The maximum Gasteiger partial charge on any atom is 0.326 e. The summed E-state index contributed by atoms with van der Waals surface area (Å²) in [5.41, 5.74) is 0. The fourth-order valence-corrected chi connectivity index (χ4v) is 3.32. The summed E-state index contributed by atoms with van der Waals surface area (Å²) in [6, 6.07) is -1.32. The van der Waals surface area contributed by atoms with Gasteiger partial charge in [-0.2, -0.15) is 0 Å². The van der Waals surface area contributed by atoms with Crippen molar-refractivity contribution in [3.63, 3.8) is 0 Å². The van der Waals surface area contributed by atoms with Crippen molar-refractivity contribution in [2.24, 2.45) is 5.92 Å². The van der Waals surface area contributed by atoms with E-state index in [9.17, 15) is 13.8 Å². The lowest BCUT2D eigenvalue weighted by atomic mass is 10.0. The highest BCUT2D eigenvalue weighted by Crippen LogP contribution is 2.09. The van der Waals surface area contributed by atoms with E-state index in [0.29, 0.717) is 30.8 Å². The Labute approximate surface area is 115 Å². The molecule has 19 heavy (non-hydrogen) atoms. The number of carboxylic acid groups (broad SMARTS) is 1. The van der Waals surface area contributed by atoms with Gasteiger partial charge in [0.2, 0.25) is 0 Å². The van der Waals surface area contributed by atoms with Gasteiger partial charge >= 0.3 is 12.0 Å². The van der Waals surface area contributed by atoms with Gasteiger partial charge < -0.3 is 15.7 Å². The third-order valence-corrected chi connectivity index (χ3v) is 4.42. The van der Waals surface area contributed by atoms with Crippen LogP contribution in [0.5, 0.6) is 0 Å². The number of nitrogens with one attached hydrogen (secondary N) is 2. The van der Waals surface area contributed by atoms with E-state index in [1.54, 1.807) is 0 Å². The van der Waals surface area contributed by atoms with Gasteiger partial charge in [-0.15, -0.1) is 0 Å². The summed E-state index contributed by atoms with van der Waals surface area (Å²) >= 11 is 0. The van der Waals surface area contributed by atoms with E-state index in [2.05, 4.69) is 10.6 Å². The molecule has 0 radical (unpaired) electrons. The predicted octanol–water partition coefficient (Wildman–Crippen LogP) is 0.696. The highest BCUT2D eigenvalue weighted by Gasteiger charge is 2.24. The minimum absolute atomic E-state index is 0.00815. The Balaban J connectivity index is 2.40. The molecule has 1 aliphatic heterocycles. The lowest BCUT2D eigenvalue weighted by Crippen LogP contribution is -2.50. The Morgan fingerprint density at radius 1 is 1.32 bits per heavy atom. The van der Waals surface area contributed by atoms with Gasteiger partial charge in [-0.05, 0) is 25.2 Å². The molecule has 2 amide bonds. The topological polar surface area (TPSA) is 95.5 Å². The normalized spacial score (nSPS) is 24.8. The Hall–Kier alpha value is -1.11. The third kappa shape index (κ3) is 6.04. The fraction of sp³-hybridized carbons (Fsp3) is 0.833. The van der Waals surface area contributed by atoms with Crippen LogP contribution in [0, 0.1) is 5.92 Å². The van der Waals surface area contributed by atoms with Crippen LogP contribution < -0.4 is 10.6 Å². The quantitative estimate of drug-likeness (QED) is 0.694. The first-order valence-corrected chi connectivity index (χ1v) is 8.02. The maximum absolute atomic E-state index is 11.7. The number of rotatable bonds is 5. The molecule has 0 bridgehead atoms. The molecule has 7 heteroatoms. The summed E-state index contributed by atoms with van der Waals surface area (Å²) in [4.78, 5) is 22.8. The molecule has 0 spiro atoms. The van der Waals surface area contributed by atoms with Crippen LogP contribution in [-0.4, -0.2) is 44.9 Å². The van der Waals surface area contributed by atoms with E-state index >= 15 is 0 Å². The van der Waals surface area contributed by atoms with Crippen molar-refractivity contribution in [2.45, 2.75) is 45.2 Å². The minimum Gasteiger partial charge on any atom is -0.480 e. The van der Waals surface area contributed by atoms with Crippen molar-refractivity contribution in [1.82, 2.24) is 10.6 Å². The van der Waals surface area contributed by atoms with Gasteiger partial charge in [0.05, 0.1) is 0 Å². The van der Waals surface area contributed by atoms with Crippen molar-refractivity contribution in [2.75, 3.05) is 11.5 Å². The zero-order valence-electron chi connectivity index (χ0n) is 11.3. The summed E-state index contributed by atoms with van der Waals surface area (Å²) in [5.74, 6) is 0.366. The molecule has 0 saturated carbocycles. The average Bonchev–Trinajstić information content (AvgIpc) is 2.30. The highest BCUT2D eigenvalue weighted by molar-refractivity contribution is 7.85. The van der Waals surface area contributed by atoms with Crippen LogP contribution >= 0.6 is 0 Å². The van der Waals surface area contributed by atoms with Crippen molar-refractivity contribution < 1.29 is 18.9 Å². The van der Waals surface area contributed by atoms with Gasteiger partial charge in [0.1, 0.15) is 6.04 Å². The van der Waals surface area contributed by atoms with Crippen LogP contribution in [0.15, 0.2) is 0 Å². The van der Waals surface area contributed by atoms with Gasteiger partial charge in [0.15, 0.2) is 0 Å². The van der Waals surface area contributed by atoms with Crippen molar-refractivity contribution in [1.29, 1.82) is 0 Å². The molecule has 1 fully saturated rings. The fourth-order valence-electron chi connectivity index (χ4n) is 2.02. The van der Waals surface area contributed by atoms with E-state index in [1.165, 1.54) is 0 Å². The largest absolute Gasteiger partial charge is 0.480 e. The summed E-state index contributed by atoms with van der Waals surface area (Å²) in [7, 11) is -0.767. The molecule has 0 aromatic carbocycles. The Bertz CT molecular complexity index is 350. The second-order valence-corrected chi connectivity index (χ2v) is 6.96. The standard InChI is InChI=1S/C12H22N2O4S/c1-8(2)7-10(11(15)16)14-12(17)13-9-3-5-19(18)6-4-9/h8-10H,3-7H2,1-2H3,(H,15,16)(H2,13,14,17)/t9?,10-,19?/m0/s1. The van der Waals surface area contributed by atoms with E-state index in [0.717, 1.165) is 0 Å². The van der Waals surface area contributed by atoms with Crippen molar-refractivity contribution in [3.8, 4) is 0 Å². The van der Waals surface area contributed by atoms with Gasteiger partial charge in [0.25, 0.3) is 0 Å². The number of carbonyl (C=O) groups excluding carboxylic acids is 1. The number of hydrogen-bond donors (Lipinski definition) is 3. The first kappa shape index (κ1) is 15.9. The summed E-state index contributed by atoms with van der Waals surface area (Å²) in [6.45, 7) is 3.82. The molecule has 1 atom stereocenters. The Kier molecular flexibility index (Phi) is 6.27. The van der Waals surface area contributed by atoms with Gasteiger partial charge in [-0.3, -0.25) is 4.21 Å². The van der Waals surface area contributed by atoms with Crippen LogP contribution in [0.4, 0.5) is 4.79 Å². The van der Waals surface area contributed by atoms with Crippen LogP contribution in [-0.2, 0) is 15.6 Å². The van der Waals surface area contributed by atoms with Crippen molar-refractivity contribution in [3.05, 3.63) is 0 Å². The average molecular weight is 290 g/mol. The number of hydrogen-bond acceptors (Lipinski definition) is 3. The molecular formula is C12H22N2O4S. The second kappa shape index (κ2) is 7.47. The van der Waals surface area contributed by atoms with E-state index in [-0.39, 0.29) is 12.0 Å². The number of aliphatic carboxylic acids is 1. The second-order valence-electron chi connectivity index (χ2n) is 5.26. The van der Waals surface area contributed by atoms with Crippen LogP contribution in [0.1, 0.15) is 33.1 Å². The molecule has 6 nitrogen and oxygen atoms in total. The number of urea groups is 1. The first-order chi connectivity index (χ1) is 8.88. The molecule has 1 saturated heterocycles. The zero-order valence-corrected chi connectivity index (χ0v) is 12.2. The van der Waals surface area contributed by atoms with Crippen LogP contribution in [0.3, 0.4) is 0 Å². The van der Waals surface area contributed by atoms with E-state index in [4.69, 9.17) is 5.11 Å². The van der Waals surface area contributed by atoms with E-state index in [1.807, 2.05) is 13.8 Å². The lowest BCUT2D eigenvalue weighted by Gasteiger charge is -2.24. The summed E-state index contributed by atoms with van der Waals surface area (Å²) in [5, 5.41) is 14.3. The summed E-state index contributed by atoms with van der Waals surface area (Å²) < 4.78 is 11.2. The first-order valence-electron chi connectivity index (χ1n) is 6.53. The SMILES string of the molecule is CC(C)C[C@H](NC(=O)NC1CCS(=O)CC1)C(=O)O. The molecular weight excluding hydrogens is 268 g/mol. The molecule has 0 aromatic rings. The molecule has 0 aromatic heterocycles. The zero-order chi connectivity index (χ0) is 14.4. The van der Waals surface area contributed by atoms with Gasteiger partial charge in [-0.25, -0.2) is 9.59 Å². The maximum atomic E-state index is 11.7. The molecule has 3 N–H and O–H groups in total. The van der Waals surface area contributed by atoms with E-state index < -0.39 is 28.8 Å². The third-order valence-electron chi connectivity index (χ3n) is 3.03. The number of amides is 2. The van der Waals surface area contributed by atoms with Gasteiger partial charge in [0, 0.05) is 28.3 Å². The number of carbonyl (C=O) groups is 2. The molecule has 1 aliphatic rings. The predicted molar refractivity (Wildman–Crippen MR) is 73.4 cm³/mol. The monoisotopic (exact) mass is 290 g/mol. The lowest BCUT2D eigenvalue weighted by molar-refractivity contribution is -0.139. The smallest absolute Gasteiger partial charge is 0.326 e. The van der Waals surface area contributed by atoms with Crippen molar-refractivity contribution >= 4 is 22.8 Å². The number of carboxylic acids is 1. The summed E-state index contributed by atoms with van der Waals surface area (Å²) in [6.07, 6.45) is 1.77. The Morgan fingerprint density at radius 2 is 1.89 bits per heavy atom. The molecule has 1 rings (SSSR count). The van der Waals surface area contributed by atoms with Crippen LogP contribution in [0.25, 0.3) is 0 Å². The molecule has 0 unspecified atom stereocenters. The Morgan fingerprint density at radius 3 is 2.37 bits per heavy atom. The molecule has 1 heterocycles. The minimum atomic E-state index is -1.02. The highest BCUT2D eigenvalue weighted by atomic mass is 32.2. The van der Waals surface area contributed by atoms with Crippen LogP contribution in [0.2, 0.25) is 0 Å². The van der Waals surface area contributed by atoms with Gasteiger partial charge in [-0.1, -0.05) is 13.8 Å². The molecule has 0 aliphatic carbocycles. The molecule has 110 valence electrons.